The molecule has 0 spiro atoms. The Balaban J connectivity index is 1.93. The van der Waals surface area contributed by atoms with Crippen molar-refractivity contribution in [2.24, 2.45) is 5.92 Å². The molecule has 2 aliphatic rings. The number of likely N-dealkylation sites (tertiary alicyclic amines) is 1. The lowest BCUT2D eigenvalue weighted by Crippen LogP contribution is -2.47. The summed E-state index contributed by atoms with van der Waals surface area (Å²) in [7, 11) is 0. The quantitative estimate of drug-likeness (QED) is 0.282. The third-order valence-corrected chi connectivity index (χ3v) is 6.89. The van der Waals surface area contributed by atoms with Crippen molar-refractivity contribution in [3.8, 4) is 5.75 Å². The van der Waals surface area contributed by atoms with Gasteiger partial charge in [0.15, 0.2) is 11.9 Å². The molecule has 2 fully saturated rings. The van der Waals surface area contributed by atoms with Crippen molar-refractivity contribution in [2.45, 2.75) is 104 Å². The molecule has 0 saturated carbocycles. The Morgan fingerprint density at radius 3 is 2.12 bits per heavy atom. The van der Waals surface area contributed by atoms with Crippen LogP contribution in [0.1, 0.15) is 91.8 Å². The number of nitrogens with zero attached hydrogens (tertiary/aromatic N) is 1. The first kappa shape index (κ1) is 33.8. The molecule has 1 aromatic rings. The zero-order chi connectivity index (χ0) is 31.6. The second-order valence-corrected chi connectivity index (χ2v) is 13.3. The standard InChI is InChI=1S/C29H41ClF2N2O8/c1-27(2,3)41-25(36)33-22(16-9-11-34(12-10-16)24(35)21-15-38-29(7,8)40-21)18-13-19(30)17(23(31)32)14-20(18)39-26(37)42-28(4,5)6/h13-14,16,21-23H,9-12,15H2,1-8H3,(H,33,36)/t21-,22-/m1/s1. The molecule has 2 aliphatic heterocycles. The van der Waals surface area contributed by atoms with Crippen molar-refractivity contribution in [2.75, 3.05) is 19.7 Å². The van der Waals surface area contributed by atoms with E-state index in [9.17, 15) is 23.2 Å². The second kappa shape index (κ2) is 12.9. The number of alkyl halides is 2. The van der Waals surface area contributed by atoms with Crippen LogP contribution in [0.25, 0.3) is 0 Å². The van der Waals surface area contributed by atoms with Gasteiger partial charge in [0.2, 0.25) is 0 Å². The van der Waals surface area contributed by atoms with E-state index in [-0.39, 0.29) is 34.8 Å². The van der Waals surface area contributed by atoms with Crippen LogP contribution in [0.3, 0.4) is 0 Å². The summed E-state index contributed by atoms with van der Waals surface area (Å²) in [6.07, 6.45) is -4.70. The minimum atomic E-state index is -2.95. The second-order valence-electron chi connectivity index (χ2n) is 12.9. The van der Waals surface area contributed by atoms with Gasteiger partial charge in [-0.1, -0.05) is 11.6 Å². The Morgan fingerprint density at radius 2 is 1.62 bits per heavy atom. The van der Waals surface area contributed by atoms with E-state index in [1.165, 1.54) is 6.07 Å². The lowest BCUT2D eigenvalue weighted by atomic mass is 9.84. The third-order valence-electron chi connectivity index (χ3n) is 6.56. The van der Waals surface area contributed by atoms with Gasteiger partial charge in [-0.3, -0.25) is 4.79 Å². The number of nitrogens with one attached hydrogen (secondary N) is 1. The molecular weight excluding hydrogens is 578 g/mol. The van der Waals surface area contributed by atoms with Crippen LogP contribution in [0.4, 0.5) is 18.4 Å². The van der Waals surface area contributed by atoms with Crippen LogP contribution >= 0.6 is 11.6 Å². The highest BCUT2D eigenvalue weighted by atomic mass is 35.5. The number of piperidine rings is 1. The van der Waals surface area contributed by atoms with Crippen LogP contribution in [0.15, 0.2) is 12.1 Å². The highest BCUT2D eigenvalue weighted by molar-refractivity contribution is 6.31. The summed E-state index contributed by atoms with van der Waals surface area (Å²) in [5, 5.41) is 2.56. The monoisotopic (exact) mass is 618 g/mol. The summed E-state index contributed by atoms with van der Waals surface area (Å²) in [6, 6.07) is 1.37. The molecule has 0 radical (unpaired) electrons. The predicted molar refractivity (Wildman–Crippen MR) is 150 cm³/mol. The minimum absolute atomic E-state index is 0.148. The Morgan fingerprint density at radius 1 is 1.02 bits per heavy atom. The summed E-state index contributed by atoms with van der Waals surface area (Å²) < 4.78 is 55.0. The van der Waals surface area contributed by atoms with Gasteiger partial charge in [-0.05, 0) is 86.3 Å². The first-order valence-electron chi connectivity index (χ1n) is 13.9. The zero-order valence-corrected chi connectivity index (χ0v) is 26.1. The molecule has 236 valence electrons. The van der Waals surface area contributed by atoms with Gasteiger partial charge in [0.1, 0.15) is 17.0 Å². The summed E-state index contributed by atoms with van der Waals surface area (Å²) >= 11 is 6.25. The number of benzene rings is 1. The van der Waals surface area contributed by atoms with E-state index >= 15 is 0 Å². The van der Waals surface area contributed by atoms with Crippen LogP contribution in [-0.2, 0) is 23.7 Å². The maximum Gasteiger partial charge on any atom is 0.514 e. The van der Waals surface area contributed by atoms with E-state index in [2.05, 4.69) is 5.32 Å². The van der Waals surface area contributed by atoms with Gasteiger partial charge in [0, 0.05) is 24.2 Å². The van der Waals surface area contributed by atoms with Crippen LogP contribution in [0.5, 0.6) is 5.75 Å². The number of alkyl carbamates (subject to hydrolysis) is 1. The van der Waals surface area contributed by atoms with Gasteiger partial charge >= 0.3 is 12.2 Å². The summed E-state index contributed by atoms with van der Waals surface area (Å²) in [6.45, 7) is 14.3. The number of rotatable bonds is 6. The van der Waals surface area contributed by atoms with Gasteiger partial charge in [-0.25, -0.2) is 18.4 Å². The predicted octanol–water partition coefficient (Wildman–Crippen LogP) is 6.55. The molecule has 2 amide bonds. The van der Waals surface area contributed by atoms with E-state index in [1.807, 2.05) is 0 Å². The molecule has 13 heteroatoms. The third kappa shape index (κ3) is 9.40. The van der Waals surface area contributed by atoms with Gasteiger partial charge < -0.3 is 33.9 Å². The number of amides is 2. The highest BCUT2D eigenvalue weighted by Crippen LogP contribution is 2.41. The first-order chi connectivity index (χ1) is 19.2. The molecule has 10 nitrogen and oxygen atoms in total. The fourth-order valence-corrected chi connectivity index (χ4v) is 5.05. The average Bonchev–Trinajstić information content (AvgIpc) is 3.20. The molecule has 0 unspecified atom stereocenters. The summed E-state index contributed by atoms with van der Waals surface area (Å²) in [4.78, 5) is 40.3. The summed E-state index contributed by atoms with van der Waals surface area (Å²) in [5.74, 6) is -1.60. The van der Waals surface area contributed by atoms with Crippen LogP contribution in [0, 0.1) is 5.92 Å². The number of ether oxygens (including phenoxy) is 5. The van der Waals surface area contributed by atoms with E-state index < -0.39 is 53.4 Å². The highest BCUT2D eigenvalue weighted by Gasteiger charge is 2.41. The van der Waals surface area contributed by atoms with Crippen molar-refractivity contribution in [3.05, 3.63) is 28.3 Å². The number of carbonyl (C=O) groups excluding carboxylic acids is 3. The van der Waals surface area contributed by atoms with E-state index in [0.717, 1.165) is 6.07 Å². The van der Waals surface area contributed by atoms with Gasteiger partial charge in [0.25, 0.3) is 12.3 Å². The van der Waals surface area contributed by atoms with Crippen LogP contribution < -0.4 is 10.1 Å². The van der Waals surface area contributed by atoms with E-state index in [0.29, 0.717) is 25.9 Å². The Bertz CT molecular complexity index is 1160. The lowest BCUT2D eigenvalue weighted by Gasteiger charge is -2.38. The maximum atomic E-state index is 13.8. The van der Waals surface area contributed by atoms with E-state index in [1.54, 1.807) is 60.3 Å². The normalized spacial score (nSPS) is 20.3. The molecule has 2 heterocycles. The number of halogens is 3. The Hall–Kier alpha value is -2.70. The van der Waals surface area contributed by atoms with Gasteiger partial charge in [0.05, 0.1) is 17.7 Å². The van der Waals surface area contributed by atoms with Gasteiger partial charge in [-0.15, -0.1) is 0 Å². The minimum Gasteiger partial charge on any atom is -0.444 e. The molecule has 42 heavy (non-hydrogen) atoms. The van der Waals surface area contributed by atoms with Crippen molar-refractivity contribution in [3.63, 3.8) is 0 Å². The molecule has 1 aromatic carbocycles. The van der Waals surface area contributed by atoms with Crippen molar-refractivity contribution in [1.82, 2.24) is 10.2 Å². The molecule has 3 rings (SSSR count). The smallest absolute Gasteiger partial charge is 0.444 e. The lowest BCUT2D eigenvalue weighted by molar-refractivity contribution is -0.161. The fraction of sp³-hybridized carbons (Fsp3) is 0.690. The molecular formula is C29H41ClF2N2O8. The Kier molecular flexibility index (Phi) is 10.4. The topological polar surface area (TPSA) is 113 Å². The van der Waals surface area contributed by atoms with Crippen LogP contribution in [0.2, 0.25) is 5.02 Å². The molecule has 0 bridgehead atoms. The van der Waals surface area contributed by atoms with Crippen molar-refractivity contribution in [1.29, 1.82) is 0 Å². The average molecular weight is 619 g/mol. The maximum absolute atomic E-state index is 13.8. The summed E-state index contributed by atoms with van der Waals surface area (Å²) in [5.41, 5.74) is -2.09. The molecule has 0 aromatic heterocycles. The number of carbonyl (C=O) groups is 3. The number of hydrogen-bond acceptors (Lipinski definition) is 8. The van der Waals surface area contributed by atoms with E-state index in [4.69, 9.17) is 35.3 Å². The molecule has 2 atom stereocenters. The SMILES string of the molecule is CC(C)(C)OC(=O)N[C@@H](c1cc(Cl)c(C(F)F)cc1OC(=O)OC(C)(C)C)C1CCN(C(=O)[C@H]2COC(C)(C)O2)CC1. The molecule has 2 saturated heterocycles. The number of hydrogen-bond donors (Lipinski definition) is 1. The molecule has 0 aliphatic carbocycles. The fourth-order valence-electron chi connectivity index (χ4n) is 4.79. The molecule has 1 N–H and O–H groups in total. The van der Waals surface area contributed by atoms with Crippen molar-refractivity contribution < 1.29 is 46.8 Å². The van der Waals surface area contributed by atoms with Gasteiger partial charge in [-0.2, -0.15) is 0 Å². The first-order valence-corrected chi connectivity index (χ1v) is 14.2. The van der Waals surface area contributed by atoms with Crippen molar-refractivity contribution >= 4 is 29.8 Å². The zero-order valence-electron chi connectivity index (χ0n) is 25.3. The Labute approximate surface area is 250 Å². The largest absolute Gasteiger partial charge is 0.514 e. The van der Waals surface area contributed by atoms with Crippen LogP contribution in [-0.4, -0.2) is 65.8 Å².